The Morgan fingerprint density at radius 3 is 1.64 bits per heavy atom. The van der Waals surface area contributed by atoms with E-state index in [1.165, 1.54) is 0 Å². The normalized spacial score (nSPS) is 20.6. The van der Waals surface area contributed by atoms with Crippen molar-refractivity contribution in [3.05, 3.63) is 138 Å². The van der Waals surface area contributed by atoms with Crippen molar-refractivity contribution in [2.75, 3.05) is 6.61 Å². The van der Waals surface area contributed by atoms with Crippen molar-refractivity contribution < 1.29 is 22.9 Å². The molecule has 6 heteroatoms. The van der Waals surface area contributed by atoms with Crippen LogP contribution in [0.2, 0.25) is 0 Å². The van der Waals surface area contributed by atoms with Gasteiger partial charge in [-0.1, -0.05) is 109 Å². The van der Waals surface area contributed by atoms with Gasteiger partial charge in [-0.05, 0) is 28.8 Å². The molecule has 5 rings (SSSR count). The highest BCUT2D eigenvalue weighted by atomic mass is 32.2. The summed E-state index contributed by atoms with van der Waals surface area (Å²) < 4.78 is 40.8. The second kappa shape index (κ2) is 10.2. The highest BCUT2D eigenvalue weighted by Crippen LogP contribution is 2.42. The molecule has 36 heavy (non-hydrogen) atoms. The molecule has 1 aliphatic rings. The third-order valence-electron chi connectivity index (χ3n) is 6.35. The van der Waals surface area contributed by atoms with E-state index in [9.17, 15) is 9.00 Å². The highest BCUT2D eigenvalue weighted by molar-refractivity contribution is 7.87. The lowest BCUT2D eigenvalue weighted by molar-refractivity contribution is -0.149. The first kappa shape index (κ1) is 24.1. The van der Waals surface area contributed by atoms with Crippen molar-refractivity contribution in [3.63, 3.8) is 0 Å². The minimum Gasteiger partial charge on any atom is -0.457 e. The van der Waals surface area contributed by atoms with Crippen LogP contribution in [0.1, 0.15) is 23.1 Å². The number of halogens is 1. The number of hydrogen-bond acceptors (Lipinski definition) is 4. The van der Waals surface area contributed by atoms with Crippen molar-refractivity contribution >= 4 is 16.8 Å². The molecule has 1 fully saturated rings. The lowest BCUT2D eigenvalue weighted by Gasteiger charge is -2.36. The predicted molar refractivity (Wildman–Crippen MR) is 136 cm³/mol. The minimum atomic E-state index is -2.63. The number of rotatable bonds is 8. The summed E-state index contributed by atoms with van der Waals surface area (Å²) in [5, 5.41) is -2.63. The Hall–Kier alpha value is -3.61. The molecular formula is C30H25FO4S. The molecule has 0 aromatic heterocycles. The van der Waals surface area contributed by atoms with E-state index in [1.54, 1.807) is 30.3 Å². The Bertz CT molecular complexity index is 1240. The number of carbonyl (C=O) groups is 1. The van der Waals surface area contributed by atoms with Gasteiger partial charge in [-0.25, -0.2) is 9.18 Å². The number of benzene rings is 4. The zero-order valence-electron chi connectivity index (χ0n) is 19.5. The molecular weight excluding hydrogens is 475 g/mol. The van der Waals surface area contributed by atoms with Gasteiger partial charge in [0.1, 0.15) is 22.5 Å². The summed E-state index contributed by atoms with van der Waals surface area (Å²) in [5.41, 5.74) is 1.61. The van der Waals surface area contributed by atoms with E-state index in [4.69, 9.17) is 9.47 Å². The molecule has 1 heterocycles. The summed E-state index contributed by atoms with van der Waals surface area (Å²) in [5.74, 6) is -1.12. The van der Waals surface area contributed by atoms with E-state index in [0.29, 0.717) is 0 Å². The molecule has 0 bridgehead atoms. The quantitative estimate of drug-likeness (QED) is 0.227. The zero-order chi connectivity index (χ0) is 25.0. The average molecular weight is 501 g/mol. The van der Waals surface area contributed by atoms with Crippen LogP contribution in [0, 0.1) is 0 Å². The fourth-order valence-corrected chi connectivity index (χ4v) is 5.93. The van der Waals surface area contributed by atoms with Crippen LogP contribution in [-0.4, -0.2) is 27.9 Å². The van der Waals surface area contributed by atoms with Gasteiger partial charge >= 0.3 is 5.97 Å². The molecule has 2 unspecified atom stereocenters. The van der Waals surface area contributed by atoms with Gasteiger partial charge in [-0.15, -0.1) is 0 Å². The van der Waals surface area contributed by atoms with E-state index < -0.39 is 33.5 Å². The first-order valence-corrected chi connectivity index (χ1v) is 12.9. The third-order valence-corrected chi connectivity index (χ3v) is 7.97. The van der Waals surface area contributed by atoms with Crippen molar-refractivity contribution in [3.8, 4) is 0 Å². The van der Waals surface area contributed by atoms with Crippen LogP contribution in [-0.2, 0) is 30.7 Å². The summed E-state index contributed by atoms with van der Waals surface area (Å²) in [6.07, 6.45) is -1.26. The molecule has 4 aromatic rings. The van der Waals surface area contributed by atoms with Gasteiger partial charge in [0.15, 0.2) is 0 Å². The summed E-state index contributed by atoms with van der Waals surface area (Å²) in [4.78, 5) is 12.9. The Kier molecular flexibility index (Phi) is 6.81. The van der Waals surface area contributed by atoms with E-state index in [1.807, 2.05) is 91.0 Å². The zero-order valence-corrected chi connectivity index (χ0v) is 20.3. The van der Waals surface area contributed by atoms with Crippen LogP contribution in [0.25, 0.3) is 0 Å². The van der Waals surface area contributed by atoms with Gasteiger partial charge in [-0.3, -0.25) is 4.21 Å². The van der Waals surface area contributed by atoms with Crippen molar-refractivity contribution in [1.82, 2.24) is 0 Å². The number of hydrogen-bond donors (Lipinski definition) is 0. The molecule has 4 aromatic carbocycles. The highest BCUT2D eigenvalue weighted by Gasteiger charge is 2.56. The maximum Gasteiger partial charge on any atom is 0.358 e. The number of ether oxygens (including phenoxy) is 2. The third kappa shape index (κ3) is 4.38. The maximum atomic E-state index is 15.8. The standard InChI is InChI=1S/C30H25FO4S/c31-29(36(33)27-19-11-4-12-20-27)21-26(35-28(29)32)22-34-30(23-13-5-1-6-14-23,24-15-7-2-8-16-24)25-17-9-3-10-18-25/h1-20,26H,21-22H2/t26-,29?,36?/m0/s1. The van der Waals surface area contributed by atoms with Crippen molar-refractivity contribution in [1.29, 1.82) is 0 Å². The molecule has 1 saturated heterocycles. The van der Waals surface area contributed by atoms with Gasteiger partial charge < -0.3 is 9.47 Å². The molecule has 0 radical (unpaired) electrons. The maximum absolute atomic E-state index is 15.8. The molecule has 3 atom stereocenters. The van der Waals surface area contributed by atoms with Crippen molar-refractivity contribution in [2.45, 2.75) is 28.0 Å². The monoisotopic (exact) mass is 500 g/mol. The van der Waals surface area contributed by atoms with Gasteiger partial charge in [0.25, 0.3) is 5.00 Å². The van der Waals surface area contributed by atoms with Crippen LogP contribution < -0.4 is 0 Å². The molecule has 0 saturated carbocycles. The minimum absolute atomic E-state index is 0.0813. The number of carbonyl (C=O) groups excluding carboxylic acids is 1. The summed E-state index contributed by atoms with van der Waals surface area (Å²) in [6.45, 7) is -0.0813. The first-order chi connectivity index (χ1) is 17.5. The van der Waals surface area contributed by atoms with E-state index in [-0.39, 0.29) is 17.9 Å². The number of alkyl halides is 1. The smallest absolute Gasteiger partial charge is 0.358 e. The lowest BCUT2D eigenvalue weighted by atomic mass is 9.80. The Labute approximate surface area is 212 Å². The Morgan fingerprint density at radius 2 is 1.19 bits per heavy atom. The molecule has 1 aliphatic heterocycles. The second-order valence-electron chi connectivity index (χ2n) is 8.63. The fourth-order valence-electron chi connectivity index (χ4n) is 4.62. The summed E-state index contributed by atoms with van der Waals surface area (Å²) in [7, 11) is -2.20. The van der Waals surface area contributed by atoms with Gasteiger partial charge in [0.2, 0.25) is 0 Å². The molecule has 0 aliphatic carbocycles. The topological polar surface area (TPSA) is 52.6 Å². The van der Waals surface area contributed by atoms with Crippen LogP contribution in [0.5, 0.6) is 0 Å². The number of cyclic esters (lactones) is 1. The van der Waals surface area contributed by atoms with Crippen LogP contribution in [0.15, 0.2) is 126 Å². The Morgan fingerprint density at radius 1 is 0.778 bits per heavy atom. The van der Waals surface area contributed by atoms with Crippen molar-refractivity contribution in [2.24, 2.45) is 0 Å². The SMILES string of the molecule is O=C1O[C@H](COC(c2ccccc2)(c2ccccc2)c2ccccc2)CC1(F)S(=O)c1ccccc1. The molecule has 0 N–H and O–H groups in total. The van der Waals surface area contributed by atoms with Crippen LogP contribution in [0.3, 0.4) is 0 Å². The van der Waals surface area contributed by atoms with Gasteiger partial charge in [0.05, 0.1) is 6.61 Å². The molecule has 0 amide bonds. The first-order valence-electron chi connectivity index (χ1n) is 11.7. The predicted octanol–water partition coefficient (Wildman–Crippen LogP) is 5.78. The van der Waals surface area contributed by atoms with Crippen LogP contribution >= 0.6 is 0 Å². The lowest BCUT2D eigenvalue weighted by Crippen LogP contribution is -2.36. The fraction of sp³-hybridized carbons (Fsp3) is 0.167. The van der Waals surface area contributed by atoms with E-state index >= 15 is 4.39 Å². The Balaban J connectivity index is 1.49. The molecule has 0 spiro atoms. The molecule has 182 valence electrons. The van der Waals surface area contributed by atoms with Gasteiger partial charge in [0, 0.05) is 11.3 Å². The second-order valence-corrected chi connectivity index (χ2v) is 10.3. The summed E-state index contributed by atoms with van der Waals surface area (Å²) >= 11 is 0. The van der Waals surface area contributed by atoms with E-state index in [0.717, 1.165) is 16.7 Å². The summed E-state index contributed by atoms with van der Waals surface area (Å²) in [6, 6.07) is 37.4. The van der Waals surface area contributed by atoms with Crippen LogP contribution in [0.4, 0.5) is 4.39 Å². The van der Waals surface area contributed by atoms with Gasteiger partial charge in [-0.2, -0.15) is 0 Å². The molecule has 4 nitrogen and oxygen atoms in total. The van der Waals surface area contributed by atoms with E-state index in [2.05, 4.69) is 0 Å². The largest absolute Gasteiger partial charge is 0.457 e. The average Bonchev–Trinajstić information content (AvgIpc) is 3.25. The number of esters is 1.